The highest BCUT2D eigenvalue weighted by Gasteiger charge is 2.33. The number of aromatic nitrogens is 1. The summed E-state index contributed by atoms with van der Waals surface area (Å²) in [5, 5.41) is 9.02. The van der Waals surface area contributed by atoms with Gasteiger partial charge in [-0.3, -0.25) is 4.79 Å². The first-order chi connectivity index (χ1) is 11.3. The van der Waals surface area contributed by atoms with Gasteiger partial charge in [0.15, 0.2) is 0 Å². The zero-order valence-electron chi connectivity index (χ0n) is 14.7. The first-order valence-corrected chi connectivity index (χ1v) is 7.87. The second kappa shape index (κ2) is 7.60. The van der Waals surface area contributed by atoms with Crippen molar-refractivity contribution in [1.82, 2.24) is 9.88 Å². The molecule has 1 aromatic rings. The fraction of sp³-hybridized carbons (Fsp3) is 0.588. The van der Waals surface area contributed by atoms with Crippen LogP contribution in [0.1, 0.15) is 19.5 Å². The Labute approximate surface area is 142 Å². The molecule has 0 N–H and O–H groups in total. The fourth-order valence-corrected chi connectivity index (χ4v) is 2.66. The number of pyridine rings is 1. The van der Waals surface area contributed by atoms with Gasteiger partial charge in [0.05, 0.1) is 18.3 Å². The predicted molar refractivity (Wildman–Crippen MR) is 89.6 cm³/mol. The molecule has 0 bridgehead atoms. The summed E-state index contributed by atoms with van der Waals surface area (Å²) >= 11 is 0. The standard InChI is InChI=1S/C17H24N4O3/c1-17(2)12-21(14-5-6-19-13(7-14)8-18)9-15(24-17)10-23-11-16(22)20(3)4/h5-7,15H,9-12H2,1-4H3/t15-/m1/s1. The van der Waals surface area contributed by atoms with Gasteiger partial charge in [0.2, 0.25) is 5.91 Å². The third kappa shape index (κ3) is 4.91. The number of hydrogen-bond donors (Lipinski definition) is 0. The van der Waals surface area contributed by atoms with Crippen molar-refractivity contribution in [1.29, 1.82) is 5.26 Å². The molecule has 130 valence electrons. The van der Waals surface area contributed by atoms with Gasteiger partial charge >= 0.3 is 0 Å². The predicted octanol–water partition coefficient (Wildman–Crippen LogP) is 1.04. The van der Waals surface area contributed by atoms with Gasteiger partial charge in [-0.15, -0.1) is 0 Å². The maximum atomic E-state index is 11.6. The molecule has 0 radical (unpaired) electrons. The molecule has 0 aliphatic carbocycles. The lowest BCUT2D eigenvalue weighted by Crippen LogP contribution is -2.54. The summed E-state index contributed by atoms with van der Waals surface area (Å²) < 4.78 is 11.6. The van der Waals surface area contributed by atoms with Crippen LogP contribution in [-0.2, 0) is 14.3 Å². The SMILES string of the molecule is CN(C)C(=O)COC[C@H]1CN(c2ccnc(C#N)c2)CC(C)(C)O1. The normalized spacial score (nSPS) is 19.6. The number of morpholine rings is 1. The van der Waals surface area contributed by atoms with Crippen molar-refractivity contribution in [3.8, 4) is 6.07 Å². The summed E-state index contributed by atoms with van der Waals surface area (Å²) in [6.45, 7) is 5.76. The van der Waals surface area contributed by atoms with Crippen LogP contribution in [0.2, 0.25) is 0 Å². The number of ether oxygens (including phenoxy) is 2. The fourth-order valence-electron chi connectivity index (χ4n) is 2.66. The lowest BCUT2D eigenvalue weighted by molar-refractivity contribution is -0.139. The molecule has 1 aliphatic rings. The Bertz CT molecular complexity index is 625. The number of carbonyl (C=O) groups is 1. The van der Waals surface area contributed by atoms with E-state index in [1.807, 2.05) is 19.9 Å². The number of nitriles is 1. The van der Waals surface area contributed by atoms with Crippen LogP contribution in [0.15, 0.2) is 18.3 Å². The van der Waals surface area contributed by atoms with E-state index in [0.717, 1.165) is 5.69 Å². The minimum atomic E-state index is -0.353. The van der Waals surface area contributed by atoms with E-state index >= 15 is 0 Å². The van der Waals surface area contributed by atoms with Crippen LogP contribution in [0, 0.1) is 11.3 Å². The summed E-state index contributed by atoms with van der Waals surface area (Å²) in [5.41, 5.74) is 0.974. The summed E-state index contributed by atoms with van der Waals surface area (Å²) in [5.74, 6) is -0.0743. The van der Waals surface area contributed by atoms with Crippen LogP contribution in [0.25, 0.3) is 0 Å². The summed E-state index contributed by atoms with van der Waals surface area (Å²) in [6.07, 6.45) is 1.49. The Morgan fingerprint density at radius 3 is 3.00 bits per heavy atom. The van der Waals surface area contributed by atoms with Gasteiger partial charge in [-0.2, -0.15) is 5.26 Å². The van der Waals surface area contributed by atoms with Gasteiger partial charge in [-0.1, -0.05) is 0 Å². The summed E-state index contributed by atoms with van der Waals surface area (Å²) in [4.78, 5) is 19.2. The molecule has 1 aliphatic heterocycles. The molecular formula is C17H24N4O3. The van der Waals surface area contributed by atoms with E-state index in [-0.39, 0.29) is 24.2 Å². The van der Waals surface area contributed by atoms with Crippen molar-refractivity contribution in [3.05, 3.63) is 24.0 Å². The Hall–Kier alpha value is -2.17. The quantitative estimate of drug-likeness (QED) is 0.802. The Morgan fingerprint density at radius 1 is 1.58 bits per heavy atom. The van der Waals surface area contributed by atoms with Gasteiger partial charge in [0.25, 0.3) is 0 Å². The van der Waals surface area contributed by atoms with Gasteiger partial charge in [0.1, 0.15) is 18.4 Å². The average Bonchev–Trinajstić information content (AvgIpc) is 2.53. The topological polar surface area (TPSA) is 78.7 Å². The highest BCUT2D eigenvalue weighted by molar-refractivity contribution is 5.76. The molecule has 2 heterocycles. The molecule has 7 heteroatoms. The van der Waals surface area contributed by atoms with E-state index in [2.05, 4.69) is 16.0 Å². The van der Waals surface area contributed by atoms with Crippen molar-refractivity contribution in [2.45, 2.75) is 25.6 Å². The minimum absolute atomic E-state index is 0.0428. The number of hydrogen-bond acceptors (Lipinski definition) is 6. The van der Waals surface area contributed by atoms with E-state index in [9.17, 15) is 4.79 Å². The number of amides is 1. The zero-order valence-corrected chi connectivity index (χ0v) is 14.7. The second-order valence-electron chi connectivity index (χ2n) is 6.69. The molecule has 0 saturated carbocycles. The molecule has 0 aromatic carbocycles. The maximum Gasteiger partial charge on any atom is 0.248 e. The number of carbonyl (C=O) groups excluding carboxylic acids is 1. The molecule has 2 rings (SSSR count). The molecule has 24 heavy (non-hydrogen) atoms. The minimum Gasteiger partial charge on any atom is -0.369 e. The van der Waals surface area contributed by atoms with Crippen molar-refractivity contribution in [2.75, 3.05) is 45.3 Å². The largest absolute Gasteiger partial charge is 0.369 e. The van der Waals surface area contributed by atoms with Gasteiger partial charge in [0, 0.05) is 39.1 Å². The molecular weight excluding hydrogens is 308 g/mol. The van der Waals surface area contributed by atoms with E-state index in [1.54, 1.807) is 26.4 Å². The Kier molecular flexibility index (Phi) is 5.75. The molecule has 1 aromatic heterocycles. The lowest BCUT2D eigenvalue weighted by Gasteiger charge is -2.43. The van der Waals surface area contributed by atoms with Crippen molar-refractivity contribution in [2.24, 2.45) is 0 Å². The third-order valence-corrected chi connectivity index (χ3v) is 3.73. The number of anilines is 1. The van der Waals surface area contributed by atoms with E-state index in [1.165, 1.54) is 4.90 Å². The second-order valence-corrected chi connectivity index (χ2v) is 6.69. The molecule has 1 saturated heterocycles. The smallest absolute Gasteiger partial charge is 0.248 e. The van der Waals surface area contributed by atoms with Crippen LogP contribution in [0.5, 0.6) is 0 Å². The van der Waals surface area contributed by atoms with E-state index in [4.69, 9.17) is 14.7 Å². The molecule has 1 fully saturated rings. The number of nitrogens with zero attached hydrogens (tertiary/aromatic N) is 4. The molecule has 1 amide bonds. The summed E-state index contributed by atoms with van der Waals surface area (Å²) in [7, 11) is 3.40. The molecule has 0 unspecified atom stereocenters. The Morgan fingerprint density at radius 2 is 2.33 bits per heavy atom. The zero-order chi connectivity index (χ0) is 17.7. The third-order valence-electron chi connectivity index (χ3n) is 3.73. The van der Waals surface area contributed by atoms with Crippen molar-refractivity contribution < 1.29 is 14.3 Å². The maximum absolute atomic E-state index is 11.6. The van der Waals surface area contributed by atoms with E-state index < -0.39 is 0 Å². The van der Waals surface area contributed by atoms with Crippen LogP contribution in [0.3, 0.4) is 0 Å². The lowest BCUT2D eigenvalue weighted by atomic mass is 10.0. The molecule has 7 nitrogen and oxygen atoms in total. The monoisotopic (exact) mass is 332 g/mol. The molecule has 1 atom stereocenters. The first-order valence-electron chi connectivity index (χ1n) is 7.87. The highest BCUT2D eigenvalue weighted by atomic mass is 16.5. The average molecular weight is 332 g/mol. The van der Waals surface area contributed by atoms with Crippen molar-refractivity contribution in [3.63, 3.8) is 0 Å². The van der Waals surface area contributed by atoms with E-state index in [0.29, 0.717) is 25.4 Å². The van der Waals surface area contributed by atoms with Crippen molar-refractivity contribution >= 4 is 11.6 Å². The van der Waals surface area contributed by atoms with Gasteiger partial charge < -0.3 is 19.3 Å². The van der Waals surface area contributed by atoms with Crippen LogP contribution in [0.4, 0.5) is 5.69 Å². The van der Waals surface area contributed by atoms with Crippen LogP contribution < -0.4 is 4.90 Å². The van der Waals surface area contributed by atoms with Crippen LogP contribution >= 0.6 is 0 Å². The van der Waals surface area contributed by atoms with Gasteiger partial charge in [-0.25, -0.2) is 4.98 Å². The number of rotatable bonds is 5. The Balaban J connectivity index is 2.01. The number of likely N-dealkylation sites (N-methyl/N-ethyl adjacent to an activating group) is 1. The summed E-state index contributed by atoms with van der Waals surface area (Å²) in [6, 6.07) is 5.72. The molecule has 0 spiro atoms. The van der Waals surface area contributed by atoms with Crippen LogP contribution in [-0.4, -0.2) is 67.9 Å². The first kappa shape index (κ1) is 18.2. The van der Waals surface area contributed by atoms with Gasteiger partial charge in [-0.05, 0) is 26.0 Å². The highest BCUT2D eigenvalue weighted by Crippen LogP contribution is 2.26.